The van der Waals surface area contributed by atoms with Crippen LogP contribution in [0.2, 0.25) is 0 Å². The number of hydrogen-bond donors (Lipinski definition) is 0. The van der Waals surface area contributed by atoms with Crippen molar-refractivity contribution < 1.29 is 14.3 Å². The van der Waals surface area contributed by atoms with Gasteiger partial charge in [0.2, 0.25) is 5.91 Å². The Bertz CT molecular complexity index is 227. The average molecular weight is 257 g/mol. The summed E-state index contributed by atoms with van der Waals surface area (Å²) in [4.78, 5) is 13.8. The zero-order valence-electron chi connectivity index (χ0n) is 11.8. The summed E-state index contributed by atoms with van der Waals surface area (Å²) < 4.78 is 10.9. The van der Waals surface area contributed by atoms with Gasteiger partial charge in [0.05, 0.1) is 32.3 Å². The smallest absolute Gasteiger partial charge is 0.224 e. The van der Waals surface area contributed by atoms with Gasteiger partial charge in [0.25, 0.3) is 0 Å². The highest BCUT2D eigenvalue weighted by molar-refractivity contribution is 5.76. The van der Waals surface area contributed by atoms with Gasteiger partial charge in [0.1, 0.15) is 0 Å². The van der Waals surface area contributed by atoms with Gasteiger partial charge >= 0.3 is 0 Å². The van der Waals surface area contributed by atoms with Gasteiger partial charge in [-0.2, -0.15) is 0 Å². The van der Waals surface area contributed by atoms with E-state index in [2.05, 4.69) is 13.8 Å². The quantitative estimate of drug-likeness (QED) is 0.626. The van der Waals surface area contributed by atoms with Crippen LogP contribution in [0.1, 0.15) is 46.0 Å². The van der Waals surface area contributed by atoms with Gasteiger partial charge in [-0.1, -0.05) is 6.92 Å². The molecule has 0 radical (unpaired) electrons. The molecule has 1 aliphatic heterocycles. The van der Waals surface area contributed by atoms with E-state index in [1.807, 2.05) is 4.90 Å². The highest BCUT2D eigenvalue weighted by atomic mass is 16.5. The molecule has 0 saturated carbocycles. The first-order valence-corrected chi connectivity index (χ1v) is 7.21. The van der Waals surface area contributed by atoms with Crippen LogP contribution < -0.4 is 0 Å². The Kier molecular flexibility index (Phi) is 8.01. The van der Waals surface area contributed by atoms with E-state index in [4.69, 9.17) is 9.47 Å². The van der Waals surface area contributed by atoms with E-state index < -0.39 is 0 Å². The van der Waals surface area contributed by atoms with Gasteiger partial charge in [0.15, 0.2) is 0 Å². The van der Waals surface area contributed by atoms with Crippen LogP contribution in [0.25, 0.3) is 0 Å². The third kappa shape index (κ3) is 6.36. The van der Waals surface area contributed by atoms with Crippen molar-refractivity contribution in [3.63, 3.8) is 0 Å². The SMILES string of the molecule is CCC(C)OCCOCCC(=O)N1CCCCC1. The number of ether oxygens (including phenoxy) is 2. The maximum atomic E-state index is 11.8. The van der Waals surface area contributed by atoms with E-state index in [0.29, 0.717) is 32.3 Å². The number of rotatable bonds is 8. The van der Waals surface area contributed by atoms with Crippen LogP contribution in [0.5, 0.6) is 0 Å². The molecule has 0 aromatic rings. The summed E-state index contributed by atoms with van der Waals surface area (Å²) in [6.45, 7) is 7.72. The van der Waals surface area contributed by atoms with Crippen LogP contribution in [0.15, 0.2) is 0 Å². The summed E-state index contributed by atoms with van der Waals surface area (Å²) >= 11 is 0. The Morgan fingerprint density at radius 1 is 1.17 bits per heavy atom. The lowest BCUT2D eigenvalue weighted by Gasteiger charge is -2.26. The first-order valence-electron chi connectivity index (χ1n) is 7.21. The molecule has 0 N–H and O–H groups in total. The zero-order chi connectivity index (χ0) is 13.2. The second kappa shape index (κ2) is 9.34. The van der Waals surface area contributed by atoms with Gasteiger partial charge < -0.3 is 14.4 Å². The molecule has 1 amide bonds. The summed E-state index contributed by atoms with van der Waals surface area (Å²) in [6, 6.07) is 0. The molecule has 1 aliphatic rings. The van der Waals surface area contributed by atoms with Crippen LogP contribution in [0.3, 0.4) is 0 Å². The minimum Gasteiger partial charge on any atom is -0.379 e. The lowest BCUT2D eigenvalue weighted by molar-refractivity contribution is -0.133. The number of amides is 1. The molecular formula is C14H27NO3. The standard InChI is InChI=1S/C14H27NO3/c1-3-13(2)18-12-11-17-10-7-14(16)15-8-5-4-6-9-15/h13H,3-12H2,1-2H3. The summed E-state index contributed by atoms with van der Waals surface area (Å²) in [5, 5.41) is 0. The molecule has 1 fully saturated rings. The van der Waals surface area contributed by atoms with Crippen molar-refractivity contribution >= 4 is 5.91 Å². The first kappa shape index (κ1) is 15.4. The van der Waals surface area contributed by atoms with Crippen LogP contribution in [0, 0.1) is 0 Å². The number of carbonyl (C=O) groups excluding carboxylic acids is 1. The van der Waals surface area contributed by atoms with Crippen LogP contribution in [-0.2, 0) is 14.3 Å². The maximum absolute atomic E-state index is 11.8. The van der Waals surface area contributed by atoms with Crippen molar-refractivity contribution in [3.05, 3.63) is 0 Å². The third-order valence-electron chi connectivity index (χ3n) is 3.37. The van der Waals surface area contributed by atoms with Crippen LogP contribution >= 0.6 is 0 Å². The maximum Gasteiger partial charge on any atom is 0.224 e. The summed E-state index contributed by atoms with van der Waals surface area (Å²) in [5.74, 6) is 0.234. The number of carbonyl (C=O) groups is 1. The van der Waals surface area contributed by atoms with Crippen LogP contribution in [-0.4, -0.2) is 49.8 Å². The molecule has 106 valence electrons. The molecule has 18 heavy (non-hydrogen) atoms. The van der Waals surface area contributed by atoms with Gasteiger partial charge in [0, 0.05) is 13.1 Å². The summed E-state index contributed by atoms with van der Waals surface area (Å²) in [7, 11) is 0. The molecule has 4 nitrogen and oxygen atoms in total. The lowest BCUT2D eigenvalue weighted by atomic mass is 10.1. The molecule has 1 atom stereocenters. The predicted molar refractivity (Wildman–Crippen MR) is 71.6 cm³/mol. The number of nitrogens with zero attached hydrogens (tertiary/aromatic N) is 1. The second-order valence-corrected chi connectivity index (χ2v) is 4.89. The molecule has 1 unspecified atom stereocenters. The van der Waals surface area contributed by atoms with Crippen molar-refractivity contribution in [1.82, 2.24) is 4.90 Å². The highest BCUT2D eigenvalue weighted by Crippen LogP contribution is 2.09. The van der Waals surface area contributed by atoms with Crippen molar-refractivity contribution in [1.29, 1.82) is 0 Å². The fourth-order valence-corrected chi connectivity index (χ4v) is 1.99. The molecule has 0 spiro atoms. The zero-order valence-corrected chi connectivity index (χ0v) is 11.8. The number of piperidine rings is 1. The Balaban J connectivity index is 1.95. The molecule has 1 saturated heterocycles. The van der Waals surface area contributed by atoms with E-state index in [1.165, 1.54) is 6.42 Å². The van der Waals surface area contributed by atoms with E-state index >= 15 is 0 Å². The third-order valence-corrected chi connectivity index (χ3v) is 3.37. The van der Waals surface area contributed by atoms with Crippen molar-refractivity contribution in [2.45, 2.75) is 52.1 Å². The Labute approximate surface area is 111 Å². The van der Waals surface area contributed by atoms with Crippen molar-refractivity contribution in [3.8, 4) is 0 Å². The van der Waals surface area contributed by atoms with Gasteiger partial charge in [-0.05, 0) is 32.6 Å². The van der Waals surface area contributed by atoms with E-state index in [0.717, 1.165) is 32.4 Å². The van der Waals surface area contributed by atoms with E-state index in [9.17, 15) is 4.79 Å². The predicted octanol–water partition coefficient (Wildman–Crippen LogP) is 2.22. The lowest BCUT2D eigenvalue weighted by Crippen LogP contribution is -2.36. The van der Waals surface area contributed by atoms with Gasteiger partial charge in [-0.25, -0.2) is 0 Å². The van der Waals surface area contributed by atoms with E-state index in [-0.39, 0.29) is 5.91 Å². The molecule has 0 aromatic heterocycles. The molecule has 0 aromatic carbocycles. The largest absolute Gasteiger partial charge is 0.379 e. The monoisotopic (exact) mass is 257 g/mol. The molecule has 1 rings (SSSR count). The number of hydrogen-bond acceptors (Lipinski definition) is 3. The molecule has 4 heteroatoms. The first-order chi connectivity index (χ1) is 8.74. The second-order valence-electron chi connectivity index (χ2n) is 4.89. The fourth-order valence-electron chi connectivity index (χ4n) is 1.99. The van der Waals surface area contributed by atoms with Crippen molar-refractivity contribution in [2.24, 2.45) is 0 Å². The molecular weight excluding hydrogens is 230 g/mol. The Hall–Kier alpha value is -0.610. The normalized spacial score (nSPS) is 17.8. The topological polar surface area (TPSA) is 38.8 Å². The van der Waals surface area contributed by atoms with Gasteiger partial charge in [-0.3, -0.25) is 4.79 Å². The Morgan fingerprint density at radius 3 is 2.56 bits per heavy atom. The number of likely N-dealkylation sites (tertiary alicyclic amines) is 1. The van der Waals surface area contributed by atoms with Gasteiger partial charge in [-0.15, -0.1) is 0 Å². The van der Waals surface area contributed by atoms with Crippen LogP contribution in [0.4, 0.5) is 0 Å². The molecule has 0 aliphatic carbocycles. The Morgan fingerprint density at radius 2 is 1.89 bits per heavy atom. The summed E-state index contributed by atoms with van der Waals surface area (Å²) in [6.07, 6.45) is 5.37. The highest BCUT2D eigenvalue weighted by Gasteiger charge is 2.15. The van der Waals surface area contributed by atoms with E-state index in [1.54, 1.807) is 0 Å². The summed E-state index contributed by atoms with van der Waals surface area (Å²) in [5.41, 5.74) is 0. The fraction of sp³-hybridized carbons (Fsp3) is 0.929. The van der Waals surface area contributed by atoms with Crippen molar-refractivity contribution in [2.75, 3.05) is 32.9 Å². The molecule has 1 heterocycles. The average Bonchev–Trinajstić information content (AvgIpc) is 2.43. The minimum absolute atomic E-state index is 0.234. The minimum atomic E-state index is 0.234. The molecule has 0 bridgehead atoms.